The van der Waals surface area contributed by atoms with Gasteiger partial charge in [0, 0.05) is 35.0 Å². The summed E-state index contributed by atoms with van der Waals surface area (Å²) in [5, 5.41) is 38.1. The van der Waals surface area contributed by atoms with Gasteiger partial charge in [0.15, 0.2) is 11.4 Å². The number of aromatic nitrogens is 2. The van der Waals surface area contributed by atoms with Gasteiger partial charge in [-0.15, -0.1) is 33.6 Å². The Morgan fingerprint density at radius 3 is 1.40 bits per heavy atom. The maximum absolute atomic E-state index is 12.7. The van der Waals surface area contributed by atoms with Crippen LogP contribution in [0.3, 0.4) is 0 Å². The molecule has 0 radical (unpaired) electrons. The zero-order valence-electron chi connectivity index (χ0n) is 21.3. The molecule has 0 unspecified atom stereocenters. The fourth-order valence-corrected chi connectivity index (χ4v) is 4.43. The minimum absolute atomic E-state index is 0.123. The molecule has 10 nitrogen and oxygen atoms in total. The van der Waals surface area contributed by atoms with Gasteiger partial charge in [-0.1, -0.05) is 48.6 Å². The molecular weight excluding hydrogens is 508 g/mol. The van der Waals surface area contributed by atoms with Crippen LogP contribution in [0.1, 0.15) is 20.7 Å². The van der Waals surface area contributed by atoms with Gasteiger partial charge < -0.3 is 19.3 Å². The molecule has 0 aliphatic heterocycles. The highest BCUT2D eigenvalue weighted by atomic mass is 16.3. The van der Waals surface area contributed by atoms with Gasteiger partial charge in [0.2, 0.25) is 11.8 Å². The fraction of sp³-hybridized carbons (Fsp3) is 0.0667. The van der Waals surface area contributed by atoms with Gasteiger partial charge in [-0.25, -0.2) is 0 Å². The van der Waals surface area contributed by atoms with Crippen LogP contribution in [-0.4, -0.2) is 31.2 Å². The van der Waals surface area contributed by atoms with Crippen LogP contribution >= 0.6 is 0 Å². The van der Waals surface area contributed by atoms with Crippen molar-refractivity contribution in [2.24, 2.45) is 20.5 Å². The highest BCUT2D eigenvalue weighted by Crippen LogP contribution is 2.40. The van der Waals surface area contributed by atoms with Crippen molar-refractivity contribution in [3.63, 3.8) is 0 Å². The van der Waals surface area contributed by atoms with Crippen LogP contribution in [0, 0.1) is 0 Å². The Kier molecular flexibility index (Phi) is 7.14. The number of benzene rings is 3. The van der Waals surface area contributed by atoms with Crippen molar-refractivity contribution in [1.82, 2.24) is 9.13 Å². The number of azo groups is 2. The van der Waals surface area contributed by atoms with Crippen molar-refractivity contribution in [2.75, 3.05) is 0 Å². The van der Waals surface area contributed by atoms with E-state index in [1.807, 2.05) is 24.3 Å². The first-order valence-electron chi connectivity index (χ1n) is 12.3. The van der Waals surface area contributed by atoms with Crippen LogP contribution in [0.15, 0.2) is 119 Å². The third kappa shape index (κ3) is 4.69. The molecule has 0 aliphatic carbocycles. The summed E-state index contributed by atoms with van der Waals surface area (Å²) in [6.45, 7) is 8.13. The van der Waals surface area contributed by atoms with E-state index in [-0.39, 0.29) is 34.3 Å². The number of nitrogens with zero attached hydrogens (tertiary/aromatic N) is 6. The van der Waals surface area contributed by atoms with E-state index in [0.717, 1.165) is 11.0 Å². The summed E-state index contributed by atoms with van der Waals surface area (Å²) in [6, 6.07) is 20.2. The van der Waals surface area contributed by atoms with Crippen molar-refractivity contribution < 1.29 is 19.8 Å². The lowest BCUT2D eigenvalue weighted by molar-refractivity contribution is 0.0983. The molecule has 0 aliphatic rings. The minimum Gasteiger partial charge on any atom is -0.493 e. The van der Waals surface area contributed by atoms with Crippen LogP contribution in [-0.2, 0) is 13.1 Å². The second-order valence-electron chi connectivity index (χ2n) is 8.76. The van der Waals surface area contributed by atoms with E-state index in [1.165, 1.54) is 24.3 Å². The molecule has 0 atom stereocenters. The zero-order chi connectivity index (χ0) is 28.2. The number of aromatic hydroxyl groups is 2. The molecule has 2 aromatic heterocycles. The lowest BCUT2D eigenvalue weighted by Crippen LogP contribution is -1.97. The SMILES string of the molecule is C=CCn1c(O)c(N=NC(=O)c2ccc(C(=O)N=Nc3c(O)n(CC=C)c4ccccc34)cc2)c2ccccc21. The van der Waals surface area contributed by atoms with E-state index < -0.39 is 11.8 Å². The van der Waals surface area contributed by atoms with E-state index in [9.17, 15) is 19.8 Å². The number of carbonyl (C=O) groups excluding carboxylic acids is 2. The lowest BCUT2D eigenvalue weighted by Gasteiger charge is -2.01. The van der Waals surface area contributed by atoms with Crippen molar-refractivity contribution in [3.8, 4) is 11.8 Å². The first kappa shape index (κ1) is 26.0. The van der Waals surface area contributed by atoms with Crippen molar-refractivity contribution in [2.45, 2.75) is 13.1 Å². The Balaban J connectivity index is 1.35. The number of para-hydroxylation sites is 2. The average molecular weight is 533 g/mol. The Bertz CT molecular complexity index is 1710. The predicted octanol–water partition coefficient (Wildman–Crippen LogP) is 7.23. The molecule has 5 aromatic rings. The van der Waals surface area contributed by atoms with E-state index >= 15 is 0 Å². The molecule has 0 saturated heterocycles. The zero-order valence-corrected chi connectivity index (χ0v) is 21.3. The molecule has 0 fully saturated rings. The smallest absolute Gasteiger partial charge is 0.295 e. The summed E-state index contributed by atoms with van der Waals surface area (Å²) in [6.07, 6.45) is 3.29. The molecule has 3 aromatic carbocycles. The number of hydrogen-bond donors (Lipinski definition) is 2. The molecule has 2 N–H and O–H groups in total. The van der Waals surface area contributed by atoms with Crippen LogP contribution in [0.2, 0.25) is 0 Å². The largest absolute Gasteiger partial charge is 0.493 e. The summed E-state index contributed by atoms with van der Waals surface area (Å²) in [7, 11) is 0. The Hall–Kier alpha value is -5.64. The van der Waals surface area contributed by atoms with Crippen molar-refractivity contribution in [3.05, 3.63) is 109 Å². The second-order valence-corrected chi connectivity index (χ2v) is 8.76. The Labute approximate surface area is 228 Å². The quantitative estimate of drug-likeness (QED) is 0.161. The fourth-order valence-electron chi connectivity index (χ4n) is 4.43. The number of hydrogen-bond acceptors (Lipinski definition) is 6. The molecule has 0 bridgehead atoms. The minimum atomic E-state index is -0.652. The standard InChI is InChI=1S/C30H24N6O4/c1-3-17-35-23-11-7-5-9-21(23)25(29(35)39)31-33-27(37)19-13-15-20(16-14-19)28(38)34-32-26-22-10-6-8-12-24(22)36(18-4-2)30(26)40/h3-16,39-40H,1-2,17-18H2. The van der Waals surface area contributed by atoms with Crippen molar-refractivity contribution in [1.29, 1.82) is 0 Å². The Morgan fingerprint density at radius 2 is 1.02 bits per heavy atom. The molecule has 5 rings (SSSR count). The van der Waals surface area contributed by atoms with Gasteiger partial charge in [0.05, 0.1) is 11.0 Å². The first-order valence-corrected chi connectivity index (χ1v) is 12.3. The first-order chi connectivity index (χ1) is 19.4. The summed E-state index contributed by atoms with van der Waals surface area (Å²) >= 11 is 0. The number of fused-ring (bicyclic) bond motifs is 2. The van der Waals surface area contributed by atoms with E-state index in [1.54, 1.807) is 45.6 Å². The average Bonchev–Trinajstić information content (AvgIpc) is 3.40. The van der Waals surface area contributed by atoms with E-state index in [0.29, 0.717) is 23.9 Å². The molecule has 10 heteroatoms. The van der Waals surface area contributed by atoms with Crippen molar-refractivity contribution >= 4 is 45.0 Å². The van der Waals surface area contributed by atoms with Crippen LogP contribution in [0.25, 0.3) is 21.8 Å². The third-order valence-electron chi connectivity index (χ3n) is 6.32. The van der Waals surface area contributed by atoms with E-state index in [4.69, 9.17) is 0 Å². The van der Waals surface area contributed by atoms with Gasteiger partial charge in [0.1, 0.15) is 0 Å². The molecule has 2 amide bonds. The van der Waals surface area contributed by atoms with Gasteiger partial charge >= 0.3 is 0 Å². The number of amides is 2. The molecule has 0 saturated carbocycles. The summed E-state index contributed by atoms with van der Waals surface area (Å²) in [5.41, 5.74) is 2.20. The van der Waals surface area contributed by atoms with Gasteiger partial charge in [-0.3, -0.25) is 9.59 Å². The summed E-state index contributed by atoms with van der Waals surface area (Å²) < 4.78 is 3.24. The summed E-state index contributed by atoms with van der Waals surface area (Å²) in [5.74, 6) is -1.55. The van der Waals surface area contributed by atoms with Gasteiger partial charge in [-0.2, -0.15) is 0 Å². The maximum atomic E-state index is 12.7. The van der Waals surface area contributed by atoms with Crippen LogP contribution < -0.4 is 0 Å². The molecule has 198 valence electrons. The van der Waals surface area contributed by atoms with E-state index in [2.05, 4.69) is 33.6 Å². The lowest BCUT2D eigenvalue weighted by atomic mass is 10.1. The highest BCUT2D eigenvalue weighted by Gasteiger charge is 2.18. The molecule has 2 heterocycles. The number of rotatable bonds is 8. The molecule has 0 spiro atoms. The maximum Gasteiger partial charge on any atom is 0.295 e. The topological polar surface area (TPSA) is 134 Å². The second kappa shape index (κ2) is 11.0. The van der Waals surface area contributed by atoms with Gasteiger partial charge in [0.25, 0.3) is 11.8 Å². The number of carbonyl (C=O) groups is 2. The number of allylic oxidation sites excluding steroid dienone is 2. The molecular formula is C30H24N6O4. The van der Waals surface area contributed by atoms with Gasteiger partial charge in [-0.05, 0) is 36.4 Å². The highest BCUT2D eigenvalue weighted by molar-refractivity contribution is 6.00. The van der Waals surface area contributed by atoms with Crippen LogP contribution in [0.4, 0.5) is 11.4 Å². The normalized spacial score (nSPS) is 11.6. The Morgan fingerprint density at radius 1 is 0.650 bits per heavy atom. The molecule has 40 heavy (non-hydrogen) atoms. The van der Waals surface area contributed by atoms with Crippen LogP contribution in [0.5, 0.6) is 11.8 Å². The summed E-state index contributed by atoms with van der Waals surface area (Å²) in [4.78, 5) is 25.4. The monoisotopic (exact) mass is 532 g/mol. The third-order valence-corrected chi connectivity index (χ3v) is 6.32. The predicted molar refractivity (Wildman–Crippen MR) is 152 cm³/mol.